The Kier molecular flexibility index (Phi) is 8.57. The summed E-state index contributed by atoms with van der Waals surface area (Å²) >= 11 is 0. The number of carbonyl (C=O) groups is 1. The van der Waals surface area contributed by atoms with Crippen molar-refractivity contribution < 1.29 is 23.8 Å². The van der Waals surface area contributed by atoms with Crippen molar-refractivity contribution in [2.75, 3.05) is 31.2 Å². The topological polar surface area (TPSA) is 85.0 Å². The number of benzene rings is 3. The minimum absolute atomic E-state index is 0.120. The molecule has 0 saturated carbocycles. The molecule has 3 aromatic rings. The first-order valence-electron chi connectivity index (χ1n) is 12.4. The van der Waals surface area contributed by atoms with Gasteiger partial charge in [-0.25, -0.2) is 4.39 Å². The van der Waals surface area contributed by atoms with E-state index >= 15 is 4.39 Å². The molecule has 0 unspecified atom stereocenters. The fourth-order valence-corrected chi connectivity index (χ4v) is 4.56. The summed E-state index contributed by atoms with van der Waals surface area (Å²) in [6.45, 7) is 5.01. The van der Waals surface area contributed by atoms with Crippen LogP contribution in [0.4, 0.5) is 10.1 Å². The van der Waals surface area contributed by atoms with Crippen molar-refractivity contribution in [1.29, 1.82) is 0 Å². The molecule has 0 spiro atoms. The molecule has 1 saturated heterocycles. The third-order valence-electron chi connectivity index (χ3n) is 6.40. The van der Waals surface area contributed by atoms with E-state index in [0.29, 0.717) is 42.1 Å². The van der Waals surface area contributed by atoms with Crippen LogP contribution >= 0.6 is 0 Å². The first-order valence-corrected chi connectivity index (χ1v) is 12.4. The van der Waals surface area contributed by atoms with Crippen LogP contribution in [0.5, 0.6) is 5.75 Å². The highest BCUT2D eigenvalue weighted by Gasteiger charge is 2.18. The Bertz CT molecular complexity index is 1190. The van der Waals surface area contributed by atoms with E-state index in [1.165, 1.54) is 0 Å². The lowest BCUT2D eigenvalue weighted by atomic mass is 9.95. The lowest BCUT2D eigenvalue weighted by Crippen LogP contribution is -2.36. The largest absolute Gasteiger partial charge is 0.489 e. The smallest absolute Gasteiger partial charge is 0.307 e. The first-order chi connectivity index (χ1) is 17.5. The van der Waals surface area contributed by atoms with E-state index in [-0.39, 0.29) is 24.9 Å². The monoisotopic (exact) mass is 492 g/mol. The summed E-state index contributed by atoms with van der Waals surface area (Å²) in [6.07, 6.45) is 1.47. The minimum atomic E-state index is -0.917. The number of hydrogen-bond acceptors (Lipinski definition) is 5. The van der Waals surface area contributed by atoms with Crippen molar-refractivity contribution in [3.63, 3.8) is 0 Å². The molecule has 1 aliphatic rings. The molecule has 0 aromatic heterocycles. The van der Waals surface area contributed by atoms with E-state index in [1.54, 1.807) is 30.3 Å². The van der Waals surface area contributed by atoms with E-state index in [4.69, 9.17) is 15.2 Å². The average Bonchev–Trinajstić information content (AvgIpc) is 2.88. The maximum Gasteiger partial charge on any atom is 0.307 e. The van der Waals surface area contributed by atoms with Gasteiger partial charge in [0, 0.05) is 41.5 Å². The first kappa shape index (κ1) is 25.7. The predicted octanol–water partition coefficient (Wildman–Crippen LogP) is 5.34. The summed E-state index contributed by atoms with van der Waals surface area (Å²) in [6, 6.07) is 18.1. The summed E-state index contributed by atoms with van der Waals surface area (Å²) in [5.74, 6) is -0.688. The molecule has 0 bridgehead atoms. The molecule has 6 nitrogen and oxygen atoms in total. The molecule has 190 valence electrons. The Morgan fingerprint density at radius 3 is 2.67 bits per heavy atom. The molecule has 1 atom stereocenters. The normalized spacial score (nSPS) is 14.5. The second-order valence-corrected chi connectivity index (χ2v) is 9.06. The molecular formula is C29H33FN2O4. The highest BCUT2D eigenvalue weighted by molar-refractivity contribution is 5.72. The number of carboxylic acids is 1. The number of nitrogens with zero attached hydrogens (tertiary/aromatic N) is 1. The fraction of sp³-hybridized carbons (Fsp3) is 0.345. The summed E-state index contributed by atoms with van der Waals surface area (Å²) in [5, 5.41) is 9.22. The SMILES string of the molecule is CCC[C@@H](N)c1cccc(-c2cc(COc3ccccc3CC(=O)O)cc(N3CCOCC3)c2)c1F. The van der Waals surface area contributed by atoms with Crippen LogP contribution < -0.4 is 15.4 Å². The minimum Gasteiger partial charge on any atom is -0.489 e. The number of nitrogens with two attached hydrogens (primary N) is 1. The van der Waals surface area contributed by atoms with Crippen LogP contribution in [0.2, 0.25) is 0 Å². The maximum atomic E-state index is 15.7. The second-order valence-electron chi connectivity index (χ2n) is 9.06. The van der Waals surface area contributed by atoms with Crippen LogP contribution in [0, 0.1) is 5.82 Å². The van der Waals surface area contributed by atoms with Crippen molar-refractivity contribution in [3.05, 3.63) is 83.2 Å². The van der Waals surface area contributed by atoms with Crippen molar-refractivity contribution in [2.45, 2.75) is 38.8 Å². The summed E-state index contributed by atoms with van der Waals surface area (Å²) in [7, 11) is 0. The van der Waals surface area contributed by atoms with Crippen LogP contribution in [0.25, 0.3) is 11.1 Å². The molecule has 0 amide bonds. The standard InChI is InChI=1S/C29H33FN2O4/c1-2-6-26(31)25-9-5-8-24(29(25)30)22-15-20(16-23(17-22)32-11-13-35-14-12-32)19-36-27-10-4-3-7-21(27)18-28(33)34/h3-5,7-10,15-17,26H,2,6,11-14,18-19,31H2,1H3,(H,33,34)/t26-/m1/s1. The highest BCUT2D eigenvalue weighted by Crippen LogP contribution is 2.33. The lowest BCUT2D eigenvalue weighted by Gasteiger charge is -2.30. The molecule has 0 aliphatic carbocycles. The number of morpholine rings is 1. The highest BCUT2D eigenvalue weighted by atomic mass is 19.1. The van der Waals surface area contributed by atoms with Gasteiger partial charge in [-0.1, -0.05) is 49.7 Å². The van der Waals surface area contributed by atoms with Gasteiger partial charge in [0.25, 0.3) is 0 Å². The predicted molar refractivity (Wildman–Crippen MR) is 139 cm³/mol. The number of carboxylic acid groups (broad SMARTS) is 1. The van der Waals surface area contributed by atoms with Crippen molar-refractivity contribution in [2.24, 2.45) is 5.73 Å². The molecule has 3 aromatic carbocycles. The number of rotatable bonds is 10. The number of aliphatic carboxylic acids is 1. The molecule has 7 heteroatoms. The second kappa shape index (κ2) is 12.0. The van der Waals surface area contributed by atoms with E-state index in [1.807, 2.05) is 37.3 Å². The van der Waals surface area contributed by atoms with E-state index in [2.05, 4.69) is 4.90 Å². The summed E-state index contributed by atoms with van der Waals surface area (Å²) < 4.78 is 27.2. The number of hydrogen-bond donors (Lipinski definition) is 2. The van der Waals surface area contributed by atoms with Crippen LogP contribution in [-0.2, 0) is 22.6 Å². The number of halogens is 1. The molecule has 3 N–H and O–H groups in total. The number of anilines is 1. The van der Waals surface area contributed by atoms with Crippen LogP contribution in [-0.4, -0.2) is 37.4 Å². The van der Waals surface area contributed by atoms with Crippen LogP contribution in [0.1, 0.15) is 42.5 Å². The zero-order valence-corrected chi connectivity index (χ0v) is 20.6. The summed E-state index contributed by atoms with van der Waals surface area (Å²) in [4.78, 5) is 13.5. The zero-order chi connectivity index (χ0) is 25.5. The number of ether oxygens (including phenoxy) is 2. The Morgan fingerprint density at radius 1 is 1.14 bits per heavy atom. The molecule has 1 fully saturated rings. The van der Waals surface area contributed by atoms with Crippen molar-refractivity contribution in [3.8, 4) is 16.9 Å². The van der Waals surface area contributed by atoms with Gasteiger partial charge in [0.2, 0.25) is 0 Å². The van der Waals surface area contributed by atoms with Crippen molar-refractivity contribution >= 4 is 11.7 Å². The molecule has 4 rings (SSSR count). The van der Waals surface area contributed by atoms with Gasteiger partial charge in [0.15, 0.2) is 0 Å². The van der Waals surface area contributed by atoms with E-state index in [9.17, 15) is 9.90 Å². The molecular weight excluding hydrogens is 459 g/mol. The van der Waals surface area contributed by atoms with Crippen molar-refractivity contribution in [1.82, 2.24) is 0 Å². The van der Waals surface area contributed by atoms with Gasteiger partial charge < -0.3 is 25.2 Å². The molecule has 1 heterocycles. The van der Waals surface area contributed by atoms with Gasteiger partial charge >= 0.3 is 5.97 Å². The number of para-hydroxylation sites is 1. The Labute approximate surface area is 211 Å². The molecule has 36 heavy (non-hydrogen) atoms. The molecule has 1 aliphatic heterocycles. The van der Waals surface area contributed by atoms with Gasteiger partial charge in [0.1, 0.15) is 18.2 Å². The Morgan fingerprint density at radius 2 is 1.92 bits per heavy atom. The Hall–Kier alpha value is -3.42. The van der Waals surface area contributed by atoms with E-state index < -0.39 is 5.97 Å². The van der Waals surface area contributed by atoms with Gasteiger partial charge in [-0.05, 0) is 41.8 Å². The zero-order valence-electron chi connectivity index (χ0n) is 20.6. The Balaban J connectivity index is 1.69. The van der Waals surface area contributed by atoms with Gasteiger partial charge in [0.05, 0.1) is 19.6 Å². The summed E-state index contributed by atoms with van der Waals surface area (Å²) in [5.41, 5.74) is 10.5. The lowest BCUT2D eigenvalue weighted by molar-refractivity contribution is -0.136. The average molecular weight is 493 g/mol. The third kappa shape index (κ3) is 6.22. The van der Waals surface area contributed by atoms with Gasteiger partial charge in [-0.15, -0.1) is 0 Å². The van der Waals surface area contributed by atoms with E-state index in [0.717, 1.165) is 36.3 Å². The quantitative estimate of drug-likeness (QED) is 0.398. The third-order valence-corrected chi connectivity index (χ3v) is 6.40. The maximum absolute atomic E-state index is 15.7. The molecule has 0 radical (unpaired) electrons. The van der Waals surface area contributed by atoms with Gasteiger partial charge in [-0.2, -0.15) is 0 Å². The van der Waals surface area contributed by atoms with Crippen LogP contribution in [0.15, 0.2) is 60.7 Å². The fourth-order valence-electron chi connectivity index (χ4n) is 4.56. The van der Waals surface area contributed by atoms with Gasteiger partial charge in [-0.3, -0.25) is 4.79 Å². The van der Waals surface area contributed by atoms with Crippen LogP contribution in [0.3, 0.4) is 0 Å².